The summed E-state index contributed by atoms with van der Waals surface area (Å²) in [5, 5.41) is 0. The maximum atomic E-state index is 7.51. The van der Waals surface area contributed by atoms with E-state index in [1.807, 2.05) is 6.07 Å². The van der Waals surface area contributed by atoms with Gasteiger partial charge in [-0.05, 0) is 72.5 Å². The summed E-state index contributed by atoms with van der Waals surface area (Å²) in [5.41, 5.74) is 7.15. The van der Waals surface area contributed by atoms with Crippen molar-refractivity contribution in [2.75, 3.05) is 0 Å². The lowest BCUT2D eigenvalue weighted by molar-refractivity contribution is 0.443. The molecular formula is C25H27N. The van der Waals surface area contributed by atoms with Crippen molar-refractivity contribution in [2.45, 2.75) is 51.8 Å². The Kier molecular flexibility index (Phi) is 3.94. The van der Waals surface area contributed by atoms with Crippen molar-refractivity contribution in [1.29, 1.82) is 0 Å². The minimum absolute atomic E-state index is 0.270. The predicted octanol–water partition coefficient (Wildman–Crippen LogP) is 7.08. The van der Waals surface area contributed by atoms with E-state index in [-0.39, 0.29) is 5.56 Å². The van der Waals surface area contributed by atoms with Gasteiger partial charge in [-0.15, -0.1) is 0 Å². The molecule has 1 saturated carbocycles. The largest absolute Gasteiger partial charge is 0.256 e. The number of aryl methyl sites for hydroxylation is 2. The lowest BCUT2D eigenvalue weighted by atomic mass is 9.83. The van der Waals surface area contributed by atoms with Crippen LogP contribution in [-0.2, 0) is 0 Å². The molecule has 0 unspecified atom stereocenters. The van der Waals surface area contributed by atoms with Crippen LogP contribution in [0.15, 0.2) is 60.8 Å². The van der Waals surface area contributed by atoms with Crippen LogP contribution in [0.5, 0.6) is 0 Å². The van der Waals surface area contributed by atoms with Gasteiger partial charge >= 0.3 is 0 Å². The maximum Gasteiger partial charge on any atom is 0.0702 e. The number of nitrogens with zero attached hydrogens (tertiary/aromatic N) is 1. The topological polar surface area (TPSA) is 12.9 Å². The smallest absolute Gasteiger partial charge is 0.0702 e. The van der Waals surface area contributed by atoms with Crippen molar-refractivity contribution in [2.24, 2.45) is 0 Å². The predicted molar refractivity (Wildman–Crippen MR) is 110 cm³/mol. The highest BCUT2D eigenvalue weighted by atomic mass is 14.7. The lowest BCUT2D eigenvalue weighted by Crippen LogP contribution is -2.04. The number of hydrogen-bond acceptors (Lipinski definition) is 1. The molecule has 1 fully saturated rings. The first-order valence-electron chi connectivity index (χ1n) is 11.1. The van der Waals surface area contributed by atoms with Gasteiger partial charge in [-0.3, -0.25) is 4.98 Å². The third-order valence-electron chi connectivity index (χ3n) is 5.60. The Labute approximate surface area is 161 Å². The molecule has 0 spiro atoms. The van der Waals surface area contributed by atoms with E-state index in [0.717, 1.165) is 11.3 Å². The summed E-state index contributed by atoms with van der Waals surface area (Å²) < 4.78 is 22.5. The molecule has 1 heteroatoms. The molecule has 0 amide bonds. The summed E-state index contributed by atoms with van der Waals surface area (Å²) in [5.74, 6) is 0.714. The van der Waals surface area contributed by atoms with Crippen LogP contribution < -0.4 is 0 Å². The fourth-order valence-electron chi connectivity index (χ4n) is 4.03. The van der Waals surface area contributed by atoms with E-state index in [0.29, 0.717) is 5.92 Å². The van der Waals surface area contributed by atoms with E-state index in [1.165, 1.54) is 60.6 Å². The highest BCUT2D eigenvalue weighted by Crippen LogP contribution is 2.34. The summed E-state index contributed by atoms with van der Waals surface area (Å²) in [6, 6.07) is 18.8. The average molecular weight is 345 g/mol. The molecule has 0 atom stereocenters. The summed E-state index contributed by atoms with van der Waals surface area (Å²) in [6.45, 7) is 0.00333. The Morgan fingerprint density at radius 3 is 2.35 bits per heavy atom. The van der Waals surface area contributed by atoms with Crippen LogP contribution in [0.25, 0.3) is 22.4 Å². The van der Waals surface area contributed by atoms with Crippen LogP contribution in [0.3, 0.4) is 0 Å². The van der Waals surface area contributed by atoms with Gasteiger partial charge < -0.3 is 0 Å². The molecule has 1 nitrogen and oxygen atoms in total. The molecule has 0 radical (unpaired) electrons. The summed E-state index contributed by atoms with van der Waals surface area (Å²) in [4.78, 5) is 4.40. The van der Waals surface area contributed by atoms with Gasteiger partial charge in [-0.2, -0.15) is 0 Å². The standard InChI is InChI=1S/C25H27N/c1-18-8-15-25(26-17-18)23-10-9-19(2)24(16-23)22-13-11-21(12-14-22)20-6-4-3-5-7-20/h8-17,20H,3-7H2,1-2H3/i1D3. The van der Waals surface area contributed by atoms with Crippen molar-refractivity contribution >= 4 is 0 Å². The van der Waals surface area contributed by atoms with E-state index < -0.39 is 6.85 Å². The number of aromatic nitrogens is 1. The molecule has 1 aromatic heterocycles. The second-order valence-corrected chi connectivity index (χ2v) is 7.42. The van der Waals surface area contributed by atoms with Gasteiger partial charge in [0.15, 0.2) is 0 Å². The monoisotopic (exact) mass is 344 g/mol. The van der Waals surface area contributed by atoms with Crippen LogP contribution in [0.4, 0.5) is 0 Å². The first kappa shape index (κ1) is 13.7. The van der Waals surface area contributed by atoms with E-state index in [2.05, 4.69) is 48.3 Å². The SMILES string of the molecule is [2H]C([2H])([2H])c1ccc(-c2ccc(C)c(-c3ccc(C4CCCCC4)cc3)c2)nc1. The molecule has 3 aromatic rings. The molecule has 0 aliphatic heterocycles. The normalized spacial score (nSPS) is 17.3. The molecular weight excluding hydrogens is 314 g/mol. The number of pyridine rings is 1. The van der Waals surface area contributed by atoms with Crippen molar-refractivity contribution in [3.8, 4) is 22.4 Å². The third-order valence-corrected chi connectivity index (χ3v) is 5.60. The molecule has 2 aromatic carbocycles. The van der Waals surface area contributed by atoms with Crippen LogP contribution in [0.2, 0.25) is 0 Å². The fraction of sp³-hybridized carbons (Fsp3) is 0.320. The van der Waals surface area contributed by atoms with Gasteiger partial charge in [0.05, 0.1) is 5.69 Å². The molecule has 132 valence electrons. The van der Waals surface area contributed by atoms with Gasteiger partial charge in [-0.25, -0.2) is 0 Å². The molecule has 0 saturated heterocycles. The highest BCUT2D eigenvalue weighted by molar-refractivity contribution is 5.74. The minimum atomic E-state index is -2.12. The Balaban J connectivity index is 1.61. The van der Waals surface area contributed by atoms with E-state index >= 15 is 0 Å². The quantitative estimate of drug-likeness (QED) is 0.494. The fourth-order valence-corrected chi connectivity index (χ4v) is 4.03. The summed E-state index contributed by atoms with van der Waals surface area (Å²) >= 11 is 0. The Morgan fingerprint density at radius 2 is 1.65 bits per heavy atom. The molecule has 4 rings (SSSR count). The van der Waals surface area contributed by atoms with E-state index in [4.69, 9.17) is 4.11 Å². The van der Waals surface area contributed by atoms with Gasteiger partial charge in [0.2, 0.25) is 0 Å². The van der Waals surface area contributed by atoms with Crippen molar-refractivity contribution in [3.63, 3.8) is 0 Å². The van der Waals surface area contributed by atoms with Crippen LogP contribution in [0, 0.1) is 13.8 Å². The van der Waals surface area contributed by atoms with Gasteiger partial charge in [-0.1, -0.05) is 61.7 Å². The molecule has 0 N–H and O–H groups in total. The average Bonchev–Trinajstić information content (AvgIpc) is 2.74. The van der Waals surface area contributed by atoms with Crippen LogP contribution >= 0.6 is 0 Å². The first-order chi connectivity index (χ1) is 13.9. The molecule has 1 aliphatic carbocycles. The van der Waals surface area contributed by atoms with Crippen LogP contribution in [-0.4, -0.2) is 4.98 Å². The van der Waals surface area contributed by atoms with Gasteiger partial charge in [0.25, 0.3) is 0 Å². The zero-order chi connectivity index (χ0) is 20.4. The highest BCUT2D eigenvalue weighted by Gasteiger charge is 2.15. The van der Waals surface area contributed by atoms with Gasteiger partial charge in [0, 0.05) is 15.9 Å². The lowest BCUT2D eigenvalue weighted by Gasteiger charge is -2.22. The van der Waals surface area contributed by atoms with Gasteiger partial charge in [0.1, 0.15) is 0 Å². The van der Waals surface area contributed by atoms with Crippen LogP contribution in [0.1, 0.15) is 58.8 Å². The third kappa shape index (κ3) is 3.58. The molecule has 1 aliphatic rings. The van der Waals surface area contributed by atoms with Crippen molar-refractivity contribution in [3.05, 3.63) is 77.5 Å². The number of rotatable bonds is 3. The Hall–Kier alpha value is -2.41. The summed E-state index contributed by atoms with van der Waals surface area (Å²) in [7, 11) is 0. The van der Waals surface area contributed by atoms with E-state index in [9.17, 15) is 0 Å². The molecule has 0 bridgehead atoms. The van der Waals surface area contributed by atoms with E-state index in [1.54, 1.807) is 12.1 Å². The number of benzene rings is 2. The Bertz CT molecular complexity index is 966. The first-order valence-corrected chi connectivity index (χ1v) is 9.60. The second-order valence-electron chi connectivity index (χ2n) is 7.42. The maximum absolute atomic E-state index is 7.51. The van der Waals surface area contributed by atoms with Crippen molar-refractivity contribution < 1.29 is 4.11 Å². The van der Waals surface area contributed by atoms with Crippen molar-refractivity contribution in [1.82, 2.24) is 4.98 Å². The minimum Gasteiger partial charge on any atom is -0.256 e. The molecule has 26 heavy (non-hydrogen) atoms. The summed E-state index contributed by atoms with van der Waals surface area (Å²) in [6.07, 6.45) is 8.16. The molecule has 1 heterocycles. The second kappa shape index (κ2) is 7.45. The number of hydrogen-bond donors (Lipinski definition) is 0. The zero-order valence-corrected chi connectivity index (χ0v) is 15.3. The zero-order valence-electron chi connectivity index (χ0n) is 18.3. The Morgan fingerprint density at radius 1 is 0.885 bits per heavy atom.